The van der Waals surface area contributed by atoms with Crippen LogP contribution >= 0.6 is 11.6 Å². The first-order chi connectivity index (χ1) is 15.5. The van der Waals surface area contributed by atoms with Gasteiger partial charge in [0.1, 0.15) is 35.4 Å². The fourth-order valence-corrected chi connectivity index (χ4v) is 4.78. The third kappa shape index (κ3) is 3.31. The molecule has 0 aliphatic carbocycles. The molecule has 2 fully saturated rings. The minimum absolute atomic E-state index is 0.221. The number of ether oxygens (including phenoxy) is 3. The molecule has 3 aromatic heterocycles. The van der Waals surface area contributed by atoms with Gasteiger partial charge >= 0.3 is 0 Å². The summed E-state index contributed by atoms with van der Waals surface area (Å²) >= 11 is 6.25. The highest BCUT2D eigenvalue weighted by atomic mass is 35.5. The second-order valence-corrected chi connectivity index (χ2v) is 8.90. The summed E-state index contributed by atoms with van der Waals surface area (Å²) in [6, 6.07) is 12.0. The molecule has 2 aliphatic rings. The van der Waals surface area contributed by atoms with Crippen LogP contribution in [0, 0.1) is 0 Å². The maximum absolute atomic E-state index is 6.45. The fraction of sp³-hybridized carbons (Fsp3) is 0.348. The smallest absolute Gasteiger partial charge is 0.164 e. The quantitative estimate of drug-likeness (QED) is 0.466. The van der Waals surface area contributed by atoms with Gasteiger partial charge in [-0.3, -0.25) is 4.98 Å². The summed E-state index contributed by atoms with van der Waals surface area (Å²) < 4.78 is 20.9. The molecule has 6 rings (SSSR count). The largest absolute Gasteiger partial charge is 0.382 e. The Morgan fingerprint density at radius 3 is 2.88 bits per heavy atom. The van der Waals surface area contributed by atoms with E-state index in [1.165, 1.54) is 6.33 Å². The van der Waals surface area contributed by atoms with Crippen LogP contribution in [0.15, 0.2) is 55.1 Å². The number of nitrogens with one attached hydrogen (secondary N) is 1. The highest BCUT2D eigenvalue weighted by molar-refractivity contribution is 6.33. The molecular formula is C23H22ClN5O3. The second kappa shape index (κ2) is 7.38. The van der Waals surface area contributed by atoms with Crippen molar-refractivity contribution < 1.29 is 14.2 Å². The minimum Gasteiger partial charge on any atom is -0.382 e. The van der Waals surface area contributed by atoms with Crippen molar-refractivity contribution >= 4 is 39.2 Å². The first-order valence-electron chi connectivity index (χ1n) is 10.6. The Labute approximate surface area is 189 Å². The van der Waals surface area contributed by atoms with Crippen LogP contribution in [0.3, 0.4) is 0 Å². The lowest BCUT2D eigenvalue weighted by atomic mass is 10.1. The maximum atomic E-state index is 6.45. The monoisotopic (exact) mass is 451 g/mol. The van der Waals surface area contributed by atoms with Gasteiger partial charge in [-0.1, -0.05) is 23.7 Å². The number of nitrogens with zero attached hydrogens (tertiary/aromatic N) is 4. The van der Waals surface area contributed by atoms with Gasteiger partial charge in [0.2, 0.25) is 0 Å². The van der Waals surface area contributed by atoms with Crippen molar-refractivity contribution in [3.8, 4) is 0 Å². The van der Waals surface area contributed by atoms with E-state index in [4.69, 9.17) is 25.8 Å². The molecule has 4 aromatic rings. The van der Waals surface area contributed by atoms with Gasteiger partial charge in [-0.05, 0) is 38.1 Å². The standard InChI is InChI=1S/C23H22ClN5O3/c1-23(2)31-18-17(11-26-14-6-5-13-4-3-8-25-16(13)10-14)30-22(19(18)32-23)29-9-7-15-20(24)27-12-28-21(15)29/h3-10,12,17-19,22,26H,11H2,1-2H3/t17-,18-,19-,22-/m1/s1. The fourth-order valence-electron chi connectivity index (χ4n) is 4.59. The molecule has 0 saturated carbocycles. The summed E-state index contributed by atoms with van der Waals surface area (Å²) in [6.07, 6.45) is 4.04. The predicted octanol–water partition coefficient (Wildman–Crippen LogP) is 4.16. The average Bonchev–Trinajstić information content (AvgIpc) is 3.44. The molecule has 32 heavy (non-hydrogen) atoms. The van der Waals surface area contributed by atoms with E-state index < -0.39 is 12.0 Å². The molecule has 0 radical (unpaired) electrons. The van der Waals surface area contributed by atoms with E-state index in [9.17, 15) is 0 Å². The van der Waals surface area contributed by atoms with Gasteiger partial charge < -0.3 is 24.1 Å². The summed E-state index contributed by atoms with van der Waals surface area (Å²) in [4.78, 5) is 12.9. The third-order valence-electron chi connectivity index (χ3n) is 5.97. The molecular weight excluding hydrogens is 430 g/mol. The first kappa shape index (κ1) is 19.9. The molecule has 4 atom stereocenters. The zero-order valence-corrected chi connectivity index (χ0v) is 18.4. The lowest BCUT2D eigenvalue weighted by Crippen LogP contribution is -2.34. The normalized spacial score (nSPS) is 26.6. The first-order valence-corrected chi connectivity index (χ1v) is 10.9. The zero-order chi connectivity index (χ0) is 21.9. The Hall–Kier alpha value is -2.78. The van der Waals surface area contributed by atoms with E-state index in [0.717, 1.165) is 22.0 Å². The van der Waals surface area contributed by atoms with E-state index in [0.29, 0.717) is 17.3 Å². The molecule has 8 nitrogen and oxygen atoms in total. The molecule has 0 unspecified atom stereocenters. The summed E-state index contributed by atoms with van der Waals surface area (Å²) in [6.45, 7) is 4.41. The number of benzene rings is 1. The molecule has 2 aliphatic heterocycles. The molecule has 9 heteroatoms. The van der Waals surface area contributed by atoms with E-state index in [2.05, 4.69) is 26.3 Å². The Morgan fingerprint density at radius 2 is 1.97 bits per heavy atom. The van der Waals surface area contributed by atoms with Gasteiger partial charge in [0, 0.05) is 30.0 Å². The number of pyridine rings is 1. The van der Waals surface area contributed by atoms with Crippen molar-refractivity contribution in [2.45, 2.75) is 44.2 Å². The van der Waals surface area contributed by atoms with Crippen LogP contribution in [-0.4, -0.2) is 50.2 Å². The third-order valence-corrected chi connectivity index (χ3v) is 6.27. The summed E-state index contributed by atoms with van der Waals surface area (Å²) in [5, 5.41) is 5.76. The number of aromatic nitrogens is 4. The maximum Gasteiger partial charge on any atom is 0.164 e. The molecule has 0 amide bonds. The van der Waals surface area contributed by atoms with Gasteiger partial charge in [-0.25, -0.2) is 9.97 Å². The number of fused-ring (bicyclic) bond motifs is 3. The zero-order valence-electron chi connectivity index (χ0n) is 17.6. The van der Waals surface area contributed by atoms with E-state index in [-0.39, 0.29) is 18.3 Å². The average molecular weight is 452 g/mol. The summed E-state index contributed by atoms with van der Waals surface area (Å²) in [5.74, 6) is -0.696. The van der Waals surface area contributed by atoms with Crippen LogP contribution < -0.4 is 5.32 Å². The molecule has 0 spiro atoms. The van der Waals surface area contributed by atoms with Gasteiger partial charge in [-0.2, -0.15) is 0 Å². The molecule has 2 saturated heterocycles. The molecule has 1 N–H and O–H groups in total. The number of hydrogen-bond acceptors (Lipinski definition) is 7. The summed E-state index contributed by atoms with van der Waals surface area (Å²) in [7, 11) is 0. The van der Waals surface area contributed by atoms with E-state index in [1.807, 2.05) is 54.9 Å². The number of halogens is 1. The SMILES string of the molecule is CC1(C)O[C@@H]2[C@H](O1)[C@@H](CNc1ccc3cccnc3c1)O[C@H]2n1ccc2c(Cl)ncnc21. The Balaban J connectivity index is 1.28. The highest BCUT2D eigenvalue weighted by Gasteiger charge is 2.55. The topological polar surface area (TPSA) is 83.3 Å². The van der Waals surface area contributed by atoms with E-state index in [1.54, 1.807) is 6.20 Å². The molecule has 164 valence electrons. The van der Waals surface area contributed by atoms with Crippen molar-refractivity contribution in [1.82, 2.24) is 19.5 Å². The molecule has 1 aromatic carbocycles. The van der Waals surface area contributed by atoms with Crippen LogP contribution in [0.4, 0.5) is 5.69 Å². The van der Waals surface area contributed by atoms with Crippen LogP contribution in [0.2, 0.25) is 5.15 Å². The van der Waals surface area contributed by atoms with Crippen LogP contribution in [-0.2, 0) is 14.2 Å². The van der Waals surface area contributed by atoms with Crippen LogP contribution in [0.25, 0.3) is 21.9 Å². The lowest BCUT2D eigenvalue weighted by molar-refractivity contribution is -0.194. The van der Waals surface area contributed by atoms with Crippen molar-refractivity contribution in [3.63, 3.8) is 0 Å². The number of hydrogen-bond donors (Lipinski definition) is 1. The number of rotatable bonds is 4. The predicted molar refractivity (Wildman–Crippen MR) is 121 cm³/mol. The lowest BCUT2D eigenvalue weighted by Gasteiger charge is -2.25. The van der Waals surface area contributed by atoms with Gasteiger partial charge in [-0.15, -0.1) is 0 Å². The van der Waals surface area contributed by atoms with Gasteiger partial charge in [0.25, 0.3) is 0 Å². The van der Waals surface area contributed by atoms with Gasteiger partial charge in [0.05, 0.1) is 10.9 Å². The van der Waals surface area contributed by atoms with Crippen molar-refractivity contribution in [2.24, 2.45) is 0 Å². The van der Waals surface area contributed by atoms with Crippen LogP contribution in [0.1, 0.15) is 20.1 Å². The van der Waals surface area contributed by atoms with E-state index >= 15 is 0 Å². The molecule has 0 bridgehead atoms. The summed E-state index contributed by atoms with van der Waals surface area (Å²) in [5.41, 5.74) is 2.62. The van der Waals surface area contributed by atoms with Crippen molar-refractivity contribution in [2.75, 3.05) is 11.9 Å². The second-order valence-electron chi connectivity index (χ2n) is 8.55. The Kier molecular flexibility index (Phi) is 4.58. The highest BCUT2D eigenvalue weighted by Crippen LogP contribution is 2.44. The van der Waals surface area contributed by atoms with Crippen LogP contribution in [0.5, 0.6) is 0 Å². The van der Waals surface area contributed by atoms with Crippen molar-refractivity contribution in [1.29, 1.82) is 0 Å². The Bertz CT molecular complexity index is 1310. The number of anilines is 1. The van der Waals surface area contributed by atoms with Gasteiger partial charge in [0.15, 0.2) is 12.0 Å². The minimum atomic E-state index is -0.696. The Morgan fingerprint density at radius 1 is 1.09 bits per heavy atom. The van der Waals surface area contributed by atoms with Crippen molar-refractivity contribution in [3.05, 3.63) is 60.3 Å². The molecule has 5 heterocycles.